The van der Waals surface area contributed by atoms with Crippen LogP contribution < -0.4 is 10.6 Å². The Bertz CT molecular complexity index is 517. The van der Waals surface area contributed by atoms with Crippen molar-refractivity contribution in [2.45, 2.75) is 38.3 Å². The quantitative estimate of drug-likeness (QED) is 0.866. The van der Waals surface area contributed by atoms with Crippen molar-refractivity contribution in [1.82, 2.24) is 9.97 Å². The van der Waals surface area contributed by atoms with Crippen LogP contribution in [0.4, 0.5) is 24.8 Å². The lowest BCUT2D eigenvalue weighted by Gasteiger charge is -2.41. The maximum absolute atomic E-state index is 12.8. The number of rotatable bonds is 1. The highest BCUT2D eigenvalue weighted by Crippen LogP contribution is 2.37. The first kappa shape index (κ1) is 14.4. The molecule has 2 fully saturated rings. The normalized spacial score (nSPS) is 26.5. The molecule has 1 saturated carbocycles. The Labute approximate surface area is 121 Å². The Balaban J connectivity index is 1.82. The van der Waals surface area contributed by atoms with Crippen molar-refractivity contribution in [3.05, 3.63) is 11.9 Å². The van der Waals surface area contributed by atoms with Gasteiger partial charge >= 0.3 is 6.18 Å². The van der Waals surface area contributed by atoms with E-state index in [0.29, 0.717) is 11.7 Å². The topological polar surface area (TPSA) is 55.0 Å². The SMILES string of the molecule is Nc1cc(N2CCC3CCCCC3C2)nc(C(F)(F)F)n1. The molecule has 7 heteroatoms. The van der Waals surface area contributed by atoms with Crippen LogP contribution in [0.25, 0.3) is 0 Å². The third-order valence-electron chi connectivity index (χ3n) is 4.60. The Kier molecular flexibility index (Phi) is 3.67. The molecule has 2 unspecified atom stereocenters. The Morgan fingerprint density at radius 3 is 2.52 bits per heavy atom. The average molecular weight is 300 g/mol. The highest BCUT2D eigenvalue weighted by molar-refractivity contribution is 5.47. The van der Waals surface area contributed by atoms with Crippen LogP contribution in [-0.2, 0) is 6.18 Å². The van der Waals surface area contributed by atoms with Crippen molar-refractivity contribution in [2.24, 2.45) is 11.8 Å². The summed E-state index contributed by atoms with van der Waals surface area (Å²) in [5.74, 6) is 0.314. The molecule has 1 aromatic heterocycles. The van der Waals surface area contributed by atoms with E-state index in [-0.39, 0.29) is 5.82 Å². The number of piperidine rings is 1. The van der Waals surface area contributed by atoms with Crippen molar-refractivity contribution in [2.75, 3.05) is 23.7 Å². The number of anilines is 2. The van der Waals surface area contributed by atoms with Gasteiger partial charge in [-0.25, -0.2) is 9.97 Å². The lowest BCUT2D eigenvalue weighted by molar-refractivity contribution is -0.144. The van der Waals surface area contributed by atoms with E-state index in [2.05, 4.69) is 9.97 Å². The maximum atomic E-state index is 12.8. The van der Waals surface area contributed by atoms with Crippen LogP contribution in [0.15, 0.2) is 6.07 Å². The van der Waals surface area contributed by atoms with Gasteiger partial charge in [0.25, 0.3) is 0 Å². The van der Waals surface area contributed by atoms with Gasteiger partial charge in [0.05, 0.1) is 0 Å². The molecule has 0 radical (unpaired) electrons. The van der Waals surface area contributed by atoms with E-state index in [9.17, 15) is 13.2 Å². The minimum Gasteiger partial charge on any atom is -0.384 e. The molecule has 1 aromatic rings. The van der Waals surface area contributed by atoms with Gasteiger partial charge in [-0.1, -0.05) is 19.3 Å². The molecule has 3 rings (SSSR count). The van der Waals surface area contributed by atoms with E-state index in [1.807, 2.05) is 4.90 Å². The largest absolute Gasteiger partial charge is 0.451 e. The molecule has 2 N–H and O–H groups in total. The number of alkyl halides is 3. The standard InChI is InChI=1S/C14H19F3N4/c15-14(16,17)13-19-11(18)7-12(20-13)21-6-5-9-3-1-2-4-10(9)8-21/h7,9-10H,1-6,8H2,(H2,18,19,20). The van der Waals surface area contributed by atoms with Crippen molar-refractivity contribution >= 4 is 11.6 Å². The molecule has 4 nitrogen and oxygen atoms in total. The van der Waals surface area contributed by atoms with Gasteiger partial charge in [-0.15, -0.1) is 0 Å². The van der Waals surface area contributed by atoms with Gasteiger partial charge in [-0.05, 0) is 24.7 Å². The highest BCUT2D eigenvalue weighted by Gasteiger charge is 2.37. The fourth-order valence-electron chi connectivity index (χ4n) is 3.55. The van der Waals surface area contributed by atoms with Crippen LogP contribution in [0.3, 0.4) is 0 Å². The molecular formula is C14H19F3N4. The molecule has 0 spiro atoms. The van der Waals surface area contributed by atoms with Crippen LogP contribution in [-0.4, -0.2) is 23.1 Å². The molecule has 0 bridgehead atoms. The van der Waals surface area contributed by atoms with E-state index >= 15 is 0 Å². The molecule has 1 saturated heterocycles. The molecular weight excluding hydrogens is 281 g/mol. The van der Waals surface area contributed by atoms with Crippen LogP contribution in [0, 0.1) is 11.8 Å². The molecule has 0 aromatic carbocycles. The van der Waals surface area contributed by atoms with Crippen LogP contribution in [0.5, 0.6) is 0 Å². The number of nitrogens with two attached hydrogens (primary N) is 1. The molecule has 0 amide bonds. The minimum atomic E-state index is -4.56. The van der Waals surface area contributed by atoms with Gasteiger partial charge < -0.3 is 10.6 Å². The highest BCUT2D eigenvalue weighted by atomic mass is 19.4. The van der Waals surface area contributed by atoms with Crippen molar-refractivity contribution in [1.29, 1.82) is 0 Å². The second-order valence-corrected chi connectivity index (χ2v) is 6.01. The van der Waals surface area contributed by atoms with Gasteiger partial charge in [0, 0.05) is 19.2 Å². The van der Waals surface area contributed by atoms with Gasteiger partial charge in [-0.2, -0.15) is 13.2 Å². The molecule has 21 heavy (non-hydrogen) atoms. The molecule has 116 valence electrons. The van der Waals surface area contributed by atoms with Crippen LogP contribution in [0.2, 0.25) is 0 Å². The first-order chi connectivity index (χ1) is 9.93. The number of nitrogen functional groups attached to an aromatic ring is 1. The average Bonchev–Trinajstić information content (AvgIpc) is 2.45. The zero-order valence-electron chi connectivity index (χ0n) is 11.7. The third-order valence-corrected chi connectivity index (χ3v) is 4.60. The fourth-order valence-corrected chi connectivity index (χ4v) is 3.55. The maximum Gasteiger partial charge on any atom is 0.451 e. The zero-order chi connectivity index (χ0) is 15.0. The summed E-state index contributed by atoms with van der Waals surface area (Å²) in [6, 6.07) is 1.44. The smallest absolute Gasteiger partial charge is 0.384 e. The first-order valence-electron chi connectivity index (χ1n) is 7.40. The lowest BCUT2D eigenvalue weighted by atomic mass is 9.75. The number of aromatic nitrogens is 2. The molecule has 1 aliphatic heterocycles. The second-order valence-electron chi connectivity index (χ2n) is 6.01. The summed E-state index contributed by atoms with van der Waals surface area (Å²) in [5.41, 5.74) is 5.52. The first-order valence-corrected chi connectivity index (χ1v) is 7.40. The predicted octanol–water partition coefficient (Wildman–Crippen LogP) is 3.09. The number of hydrogen-bond donors (Lipinski definition) is 1. The summed E-state index contributed by atoms with van der Waals surface area (Å²) in [7, 11) is 0. The molecule has 2 heterocycles. The van der Waals surface area contributed by atoms with Crippen LogP contribution >= 0.6 is 0 Å². The summed E-state index contributed by atoms with van der Waals surface area (Å²) in [4.78, 5) is 8.90. The van der Waals surface area contributed by atoms with Crippen LogP contribution in [0.1, 0.15) is 37.9 Å². The van der Waals surface area contributed by atoms with E-state index in [1.54, 1.807) is 0 Å². The van der Waals surface area contributed by atoms with E-state index in [4.69, 9.17) is 5.73 Å². The Morgan fingerprint density at radius 2 is 1.81 bits per heavy atom. The summed E-state index contributed by atoms with van der Waals surface area (Å²) in [6.07, 6.45) is 1.36. The van der Waals surface area contributed by atoms with Crippen molar-refractivity contribution < 1.29 is 13.2 Å². The number of halogens is 3. The summed E-state index contributed by atoms with van der Waals surface area (Å²) < 4.78 is 38.4. The van der Waals surface area contributed by atoms with Gasteiger partial charge in [-0.3, -0.25) is 0 Å². The van der Waals surface area contributed by atoms with E-state index in [0.717, 1.165) is 31.8 Å². The minimum absolute atomic E-state index is 0.127. The van der Waals surface area contributed by atoms with Gasteiger partial charge in [0.15, 0.2) is 0 Å². The Hall–Kier alpha value is -1.53. The number of hydrogen-bond acceptors (Lipinski definition) is 4. The summed E-state index contributed by atoms with van der Waals surface area (Å²) in [5, 5.41) is 0. The zero-order valence-corrected chi connectivity index (χ0v) is 11.7. The molecule has 2 aliphatic rings. The van der Waals surface area contributed by atoms with Crippen molar-refractivity contribution in [3.63, 3.8) is 0 Å². The monoisotopic (exact) mass is 300 g/mol. The molecule has 2 atom stereocenters. The third kappa shape index (κ3) is 3.06. The second kappa shape index (κ2) is 5.35. The van der Waals surface area contributed by atoms with E-state index in [1.165, 1.54) is 25.3 Å². The number of nitrogens with zero attached hydrogens (tertiary/aromatic N) is 3. The van der Waals surface area contributed by atoms with Crippen molar-refractivity contribution in [3.8, 4) is 0 Å². The van der Waals surface area contributed by atoms with Gasteiger partial charge in [0.1, 0.15) is 11.6 Å². The predicted molar refractivity (Wildman–Crippen MR) is 73.7 cm³/mol. The van der Waals surface area contributed by atoms with Gasteiger partial charge in [0.2, 0.25) is 5.82 Å². The van der Waals surface area contributed by atoms with E-state index < -0.39 is 12.0 Å². The lowest BCUT2D eigenvalue weighted by Crippen LogP contribution is -2.42. The molecule has 1 aliphatic carbocycles. The summed E-state index contributed by atoms with van der Waals surface area (Å²) in [6.45, 7) is 1.52. The summed E-state index contributed by atoms with van der Waals surface area (Å²) >= 11 is 0. The Morgan fingerprint density at radius 1 is 1.10 bits per heavy atom. The number of fused-ring (bicyclic) bond motifs is 1. The fraction of sp³-hybridized carbons (Fsp3) is 0.714.